The number of primary amides is 1. The van der Waals surface area contributed by atoms with Gasteiger partial charge in [0.25, 0.3) is 5.91 Å². The van der Waals surface area contributed by atoms with E-state index in [1.807, 2.05) is 32.9 Å². The quantitative estimate of drug-likeness (QED) is 0.812. The van der Waals surface area contributed by atoms with E-state index < -0.39 is 5.91 Å². The van der Waals surface area contributed by atoms with Crippen molar-refractivity contribution in [3.8, 4) is 0 Å². The van der Waals surface area contributed by atoms with Crippen LogP contribution in [0, 0.1) is 5.41 Å². The van der Waals surface area contributed by atoms with E-state index in [9.17, 15) is 9.59 Å². The summed E-state index contributed by atoms with van der Waals surface area (Å²) in [5.74, 6) is 0.606. The van der Waals surface area contributed by atoms with Gasteiger partial charge in [-0.1, -0.05) is 20.8 Å². The monoisotopic (exact) mass is 389 g/mol. The summed E-state index contributed by atoms with van der Waals surface area (Å²) >= 11 is 1.41. The van der Waals surface area contributed by atoms with Crippen molar-refractivity contribution >= 4 is 39.1 Å². The minimum absolute atomic E-state index is 0.0833. The minimum Gasteiger partial charge on any atom is -0.365 e. The maximum atomic E-state index is 11.9. The Balaban J connectivity index is 1.57. The summed E-state index contributed by atoms with van der Waals surface area (Å²) in [6.07, 6.45) is 1.78. The summed E-state index contributed by atoms with van der Waals surface area (Å²) in [7, 11) is 0. The van der Waals surface area contributed by atoms with E-state index in [4.69, 9.17) is 5.73 Å². The molecule has 2 aromatic heterocycles. The highest BCUT2D eigenvalue weighted by molar-refractivity contribution is 7.21. The van der Waals surface area contributed by atoms with Gasteiger partial charge in [0.05, 0.1) is 9.58 Å². The lowest BCUT2D eigenvalue weighted by Crippen LogP contribution is -2.49. The summed E-state index contributed by atoms with van der Waals surface area (Å²) in [6, 6.07) is 3.75. The van der Waals surface area contributed by atoms with Crippen LogP contribution in [0.1, 0.15) is 30.4 Å². The second-order valence-corrected chi connectivity index (χ2v) is 8.91. The smallest absolute Gasteiger partial charge is 0.258 e. The molecule has 146 valence electrons. The van der Waals surface area contributed by atoms with Gasteiger partial charge in [-0.05, 0) is 17.5 Å². The van der Waals surface area contributed by atoms with Crippen molar-refractivity contribution in [3.63, 3.8) is 0 Å². The average Bonchev–Trinajstić information content (AvgIpc) is 3.06. The molecule has 0 aliphatic carbocycles. The van der Waals surface area contributed by atoms with E-state index in [1.54, 1.807) is 6.20 Å². The number of aromatic nitrogens is 1. The van der Waals surface area contributed by atoms with Gasteiger partial charge in [-0.2, -0.15) is 0 Å². The summed E-state index contributed by atoms with van der Waals surface area (Å²) in [6.45, 7) is 10.8. The molecule has 0 spiro atoms. The molecule has 1 aliphatic rings. The van der Waals surface area contributed by atoms with Gasteiger partial charge in [-0.3, -0.25) is 14.5 Å². The first kappa shape index (κ1) is 19.6. The van der Waals surface area contributed by atoms with Gasteiger partial charge in [0, 0.05) is 50.9 Å². The molecule has 0 atom stereocenters. The average molecular weight is 390 g/mol. The topological polar surface area (TPSA) is 91.6 Å². The van der Waals surface area contributed by atoms with Crippen LogP contribution in [0.4, 0.5) is 5.82 Å². The molecule has 1 aliphatic heterocycles. The number of carbonyl (C=O) groups excluding carboxylic acids is 2. The van der Waals surface area contributed by atoms with E-state index in [-0.39, 0.29) is 11.3 Å². The van der Waals surface area contributed by atoms with Crippen LogP contribution in [0.25, 0.3) is 10.1 Å². The highest BCUT2D eigenvalue weighted by Crippen LogP contribution is 2.32. The van der Waals surface area contributed by atoms with Crippen molar-refractivity contribution in [3.05, 3.63) is 23.2 Å². The molecule has 2 amide bonds. The van der Waals surface area contributed by atoms with Crippen molar-refractivity contribution in [2.24, 2.45) is 11.1 Å². The van der Waals surface area contributed by atoms with Gasteiger partial charge in [-0.25, -0.2) is 4.98 Å². The van der Waals surface area contributed by atoms with E-state index in [0.29, 0.717) is 11.4 Å². The molecule has 2 aromatic rings. The second kappa shape index (κ2) is 7.82. The van der Waals surface area contributed by atoms with E-state index in [1.165, 1.54) is 11.3 Å². The van der Waals surface area contributed by atoms with Crippen LogP contribution in [-0.4, -0.2) is 61.0 Å². The number of pyridine rings is 1. The molecule has 0 saturated carbocycles. The Kier molecular flexibility index (Phi) is 5.67. The molecule has 0 radical (unpaired) electrons. The molecule has 27 heavy (non-hydrogen) atoms. The molecule has 3 rings (SSSR count). The minimum atomic E-state index is -0.399. The molecule has 8 heteroatoms. The Morgan fingerprint density at radius 3 is 2.59 bits per heavy atom. The van der Waals surface area contributed by atoms with E-state index in [0.717, 1.165) is 48.6 Å². The number of nitrogens with one attached hydrogen (secondary N) is 1. The molecule has 0 bridgehead atoms. The lowest BCUT2D eigenvalue weighted by atomic mass is 9.96. The molecule has 1 fully saturated rings. The summed E-state index contributed by atoms with van der Waals surface area (Å²) < 4.78 is 1.01. The number of hydrogen-bond donors (Lipinski definition) is 2. The normalized spacial score (nSPS) is 15.9. The lowest BCUT2D eigenvalue weighted by molar-refractivity contribution is -0.128. The van der Waals surface area contributed by atoms with Crippen LogP contribution < -0.4 is 16.0 Å². The van der Waals surface area contributed by atoms with Crippen molar-refractivity contribution in [1.82, 2.24) is 15.2 Å². The largest absolute Gasteiger partial charge is 0.365 e. The van der Waals surface area contributed by atoms with E-state index >= 15 is 0 Å². The molecule has 7 nitrogen and oxygen atoms in total. The van der Waals surface area contributed by atoms with Crippen LogP contribution in [0.5, 0.6) is 0 Å². The van der Waals surface area contributed by atoms with Gasteiger partial charge < -0.3 is 16.0 Å². The van der Waals surface area contributed by atoms with Crippen molar-refractivity contribution in [1.29, 1.82) is 0 Å². The Morgan fingerprint density at radius 2 is 1.96 bits per heavy atom. The van der Waals surface area contributed by atoms with Gasteiger partial charge >= 0.3 is 0 Å². The maximum Gasteiger partial charge on any atom is 0.258 e. The highest BCUT2D eigenvalue weighted by Gasteiger charge is 2.23. The molecular formula is C19H27N5O2S. The third-order valence-electron chi connectivity index (χ3n) is 4.72. The highest BCUT2D eigenvalue weighted by atomic mass is 32.1. The van der Waals surface area contributed by atoms with Gasteiger partial charge in [-0.15, -0.1) is 11.3 Å². The fourth-order valence-corrected chi connectivity index (χ4v) is 4.10. The number of fused-ring (bicyclic) bond motifs is 1. The number of piperazine rings is 1. The van der Waals surface area contributed by atoms with Gasteiger partial charge in [0.2, 0.25) is 5.91 Å². The fraction of sp³-hybridized carbons (Fsp3) is 0.526. The molecule has 3 heterocycles. The van der Waals surface area contributed by atoms with E-state index in [2.05, 4.69) is 20.1 Å². The zero-order valence-electron chi connectivity index (χ0n) is 16.1. The van der Waals surface area contributed by atoms with Crippen LogP contribution in [0.15, 0.2) is 18.3 Å². The first-order chi connectivity index (χ1) is 12.8. The third-order valence-corrected chi connectivity index (χ3v) is 5.89. The molecule has 1 saturated heterocycles. The SMILES string of the molecule is CC(C)(C)C(=O)NCCN1CCN(c2nccc3cc(C(N)=O)sc23)CC1. The fourth-order valence-electron chi connectivity index (χ4n) is 3.07. The molecule has 0 aromatic carbocycles. The van der Waals surface area contributed by atoms with Crippen molar-refractivity contribution < 1.29 is 9.59 Å². The van der Waals surface area contributed by atoms with Crippen molar-refractivity contribution in [2.75, 3.05) is 44.2 Å². The number of hydrogen-bond acceptors (Lipinski definition) is 6. The molecule has 0 unspecified atom stereocenters. The Labute approximate surface area is 163 Å². The second-order valence-electron chi connectivity index (χ2n) is 7.86. The summed E-state index contributed by atoms with van der Waals surface area (Å²) in [5, 5.41) is 4.01. The van der Waals surface area contributed by atoms with Gasteiger partial charge in [0.15, 0.2) is 0 Å². The third kappa shape index (κ3) is 4.56. The maximum absolute atomic E-state index is 11.9. The predicted octanol–water partition coefficient (Wildman–Crippen LogP) is 1.68. The lowest BCUT2D eigenvalue weighted by Gasteiger charge is -2.35. The Bertz CT molecular complexity index is 834. The first-order valence-electron chi connectivity index (χ1n) is 9.19. The number of nitrogens with zero attached hydrogens (tertiary/aromatic N) is 3. The summed E-state index contributed by atoms with van der Waals surface area (Å²) in [5.41, 5.74) is 5.07. The number of thiophene rings is 1. The molecular weight excluding hydrogens is 362 g/mol. The number of anilines is 1. The number of amides is 2. The van der Waals surface area contributed by atoms with Crippen LogP contribution in [0.3, 0.4) is 0 Å². The predicted molar refractivity (Wildman–Crippen MR) is 109 cm³/mol. The molecule has 3 N–H and O–H groups in total. The van der Waals surface area contributed by atoms with Crippen LogP contribution >= 0.6 is 11.3 Å². The number of rotatable bonds is 5. The van der Waals surface area contributed by atoms with Crippen LogP contribution in [-0.2, 0) is 4.79 Å². The standard InChI is InChI=1S/C19H27N5O2S/c1-19(2,3)18(26)22-6-7-23-8-10-24(11-9-23)17-15-13(4-5-21-17)12-14(27-15)16(20)25/h4-5,12H,6-11H2,1-3H3,(H2,20,25)(H,22,26). The first-order valence-corrected chi connectivity index (χ1v) is 10.0. The Morgan fingerprint density at radius 1 is 1.26 bits per heavy atom. The number of carbonyl (C=O) groups is 2. The number of nitrogens with two attached hydrogens (primary N) is 1. The zero-order valence-corrected chi connectivity index (χ0v) is 16.9. The van der Waals surface area contributed by atoms with Crippen LogP contribution in [0.2, 0.25) is 0 Å². The van der Waals surface area contributed by atoms with Crippen molar-refractivity contribution in [2.45, 2.75) is 20.8 Å². The zero-order chi connectivity index (χ0) is 19.6. The van der Waals surface area contributed by atoms with Gasteiger partial charge in [0.1, 0.15) is 5.82 Å². The summed E-state index contributed by atoms with van der Waals surface area (Å²) in [4.78, 5) is 33.1. The Hall–Kier alpha value is -2.19.